The van der Waals surface area contributed by atoms with Gasteiger partial charge in [-0.25, -0.2) is 0 Å². The van der Waals surface area contributed by atoms with Gasteiger partial charge in [0.05, 0.1) is 19.2 Å². The van der Waals surface area contributed by atoms with E-state index in [9.17, 15) is 4.79 Å². The molecule has 4 rings (SSSR count). The highest BCUT2D eigenvalue weighted by molar-refractivity contribution is 8.14. The van der Waals surface area contributed by atoms with Crippen molar-refractivity contribution in [2.75, 3.05) is 18.1 Å². The monoisotopic (exact) mass is 445 g/mol. The van der Waals surface area contributed by atoms with Crippen LogP contribution < -0.4 is 9.46 Å². The molecule has 2 heterocycles. The van der Waals surface area contributed by atoms with E-state index in [-0.39, 0.29) is 16.5 Å². The van der Waals surface area contributed by atoms with Crippen LogP contribution in [0.15, 0.2) is 60.7 Å². The van der Waals surface area contributed by atoms with E-state index in [2.05, 4.69) is 27.3 Å². The number of carbonyl (C=O) groups excluding carboxylic acids is 1. The second-order valence-electron chi connectivity index (χ2n) is 7.86. The Kier molecular flexibility index (Phi) is 6.15. The highest BCUT2D eigenvalue weighted by atomic mass is 32.2. The lowest BCUT2D eigenvalue weighted by molar-refractivity contribution is 0.103. The minimum absolute atomic E-state index is 0.00233. The number of pyridine rings is 1. The summed E-state index contributed by atoms with van der Waals surface area (Å²) in [5, 5.41) is 0.826. The van der Waals surface area contributed by atoms with Crippen molar-refractivity contribution in [1.82, 2.24) is 9.55 Å². The number of para-hydroxylation sites is 1. The second-order valence-corrected chi connectivity index (χ2v) is 9.34. The number of hydrogen-bond donors (Lipinski definition) is 1. The fourth-order valence-electron chi connectivity index (χ4n) is 3.88. The molecule has 2 aromatic heterocycles. The van der Waals surface area contributed by atoms with Gasteiger partial charge in [0.2, 0.25) is 5.88 Å². The Morgan fingerprint density at radius 1 is 1.09 bits per heavy atom. The van der Waals surface area contributed by atoms with Crippen LogP contribution in [0.25, 0.3) is 11.0 Å². The molecule has 0 aliphatic rings. The van der Waals surface area contributed by atoms with Gasteiger partial charge in [0.1, 0.15) is 5.65 Å². The lowest BCUT2D eigenvalue weighted by Gasteiger charge is -2.15. The molecule has 4 aromatic rings. The maximum atomic E-state index is 13.5. The van der Waals surface area contributed by atoms with Gasteiger partial charge in [0.15, 0.2) is 5.78 Å². The zero-order chi connectivity index (χ0) is 22.8. The van der Waals surface area contributed by atoms with Crippen LogP contribution in [0.4, 0.5) is 5.69 Å². The fourth-order valence-corrected chi connectivity index (χ4v) is 4.45. The molecule has 0 amide bonds. The molecular weight excluding hydrogens is 418 g/mol. The quantitative estimate of drug-likeness (QED) is 0.297. The standard InChI is InChI=1S/C26H27N3O2S/c1-17-10-12-19(13-11-17)25(30)24-18(2)29(26-21(24)14-15-23(27-26)31-3)16-20-8-6-7-9-22(20)28-32(4)5/h6-15,28H,4,16H2,1-3,5H3. The zero-order valence-corrected chi connectivity index (χ0v) is 19.6. The molecule has 0 radical (unpaired) electrons. The minimum Gasteiger partial charge on any atom is -0.481 e. The molecule has 0 fully saturated rings. The Morgan fingerprint density at radius 3 is 2.50 bits per heavy atom. The van der Waals surface area contributed by atoms with Gasteiger partial charge in [0, 0.05) is 28.4 Å². The van der Waals surface area contributed by atoms with Crippen molar-refractivity contribution in [3.05, 3.63) is 88.6 Å². The summed E-state index contributed by atoms with van der Waals surface area (Å²) in [5.74, 6) is 4.59. The number of aryl methyl sites for hydroxylation is 1. The summed E-state index contributed by atoms with van der Waals surface area (Å²) >= 11 is 0. The lowest BCUT2D eigenvalue weighted by atomic mass is 10.0. The first kappa shape index (κ1) is 21.8. The Hall–Kier alpha value is -3.38. The number of aromatic nitrogens is 2. The lowest BCUT2D eigenvalue weighted by Crippen LogP contribution is -2.08. The van der Waals surface area contributed by atoms with E-state index < -0.39 is 0 Å². The summed E-state index contributed by atoms with van der Waals surface area (Å²) in [6.07, 6.45) is 2.04. The van der Waals surface area contributed by atoms with Crippen LogP contribution >= 0.6 is 10.7 Å². The van der Waals surface area contributed by atoms with E-state index in [1.165, 1.54) is 0 Å². The van der Waals surface area contributed by atoms with E-state index in [1.54, 1.807) is 13.2 Å². The smallest absolute Gasteiger partial charge is 0.214 e. The van der Waals surface area contributed by atoms with Crippen molar-refractivity contribution in [2.45, 2.75) is 20.4 Å². The van der Waals surface area contributed by atoms with Crippen molar-refractivity contribution in [1.29, 1.82) is 0 Å². The van der Waals surface area contributed by atoms with Crippen LogP contribution in [-0.2, 0) is 6.54 Å². The number of hydrogen-bond acceptors (Lipinski definition) is 4. The minimum atomic E-state index is -0.200. The average Bonchev–Trinajstić information content (AvgIpc) is 3.05. The van der Waals surface area contributed by atoms with Crippen LogP contribution in [0.1, 0.15) is 32.7 Å². The molecule has 0 saturated carbocycles. The third-order valence-corrected chi connectivity index (χ3v) is 6.09. The SMILES string of the molecule is C=S(C)Nc1ccccc1Cn1c(C)c(C(=O)c2ccc(C)cc2)c2ccc(OC)nc21. The summed E-state index contributed by atoms with van der Waals surface area (Å²) in [7, 11) is 1.40. The highest BCUT2D eigenvalue weighted by Crippen LogP contribution is 2.31. The van der Waals surface area contributed by atoms with Crippen LogP contribution in [0, 0.1) is 13.8 Å². The molecule has 0 spiro atoms. The summed E-state index contributed by atoms with van der Waals surface area (Å²) in [5.41, 5.74) is 6.22. The van der Waals surface area contributed by atoms with Gasteiger partial charge >= 0.3 is 0 Å². The van der Waals surface area contributed by atoms with Crippen molar-refractivity contribution in [3.8, 4) is 5.88 Å². The first-order valence-corrected chi connectivity index (χ1v) is 12.1. The molecule has 0 saturated heterocycles. The van der Waals surface area contributed by atoms with E-state index >= 15 is 0 Å². The van der Waals surface area contributed by atoms with Gasteiger partial charge < -0.3 is 14.0 Å². The number of rotatable bonds is 7. The number of nitrogens with zero attached hydrogens (tertiary/aromatic N) is 2. The third kappa shape index (κ3) is 4.18. The zero-order valence-electron chi connectivity index (χ0n) is 18.8. The Labute approximate surface area is 191 Å². The molecule has 0 aliphatic heterocycles. The van der Waals surface area contributed by atoms with Gasteiger partial charge in [-0.15, -0.1) is 10.7 Å². The van der Waals surface area contributed by atoms with Crippen LogP contribution in [0.2, 0.25) is 0 Å². The fraction of sp³-hybridized carbons (Fsp3) is 0.192. The normalized spacial score (nSPS) is 12.0. The van der Waals surface area contributed by atoms with Gasteiger partial charge in [-0.2, -0.15) is 4.98 Å². The van der Waals surface area contributed by atoms with E-state index in [0.29, 0.717) is 23.6 Å². The average molecular weight is 446 g/mol. The molecule has 6 heteroatoms. The molecule has 1 unspecified atom stereocenters. The van der Waals surface area contributed by atoms with Crippen molar-refractivity contribution >= 4 is 39.0 Å². The molecule has 0 aliphatic carbocycles. The maximum absolute atomic E-state index is 13.5. The highest BCUT2D eigenvalue weighted by Gasteiger charge is 2.23. The Bertz CT molecular complexity index is 1320. The number of anilines is 1. The molecule has 1 atom stereocenters. The molecule has 32 heavy (non-hydrogen) atoms. The van der Waals surface area contributed by atoms with E-state index in [1.807, 2.05) is 62.6 Å². The van der Waals surface area contributed by atoms with Gasteiger partial charge in [-0.05, 0) is 37.8 Å². The van der Waals surface area contributed by atoms with Gasteiger partial charge in [-0.3, -0.25) is 4.79 Å². The van der Waals surface area contributed by atoms with E-state index in [4.69, 9.17) is 9.72 Å². The topological polar surface area (TPSA) is 56.2 Å². The summed E-state index contributed by atoms with van der Waals surface area (Å²) in [6, 6.07) is 19.6. The number of fused-ring (bicyclic) bond motifs is 1. The van der Waals surface area contributed by atoms with E-state index in [0.717, 1.165) is 33.5 Å². The molecule has 164 valence electrons. The summed E-state index contributed by atoms with van der Waals surface area (Å²) in [4.78, 5) is 18.2. The molecule has 2 aromatic carbocycles. The van der Waals surface area contributed by atoms with Crippen LogP contribution in [0.3, 0.4) is 0 Å². The third-order valence-electron chi connectivity index (χ3n) is 5.52. The molecule has 1 N–H and O–H groups in total. The van der Waals surface area contributed by atoms with Crippen LogP contribution in [0.5, 0.6) is 5.88 Å². The van der Waals surface area contributed by atoms with Crippen molar-refractivity contribution < 1.29 is 9.53 Å². The van der Waals surface area contributed by atoms with Crippen molar-refractivity contribution in [3.63, 3.8) is 0 Å². The number of carbonyl (C=O) groups is 1. The summed E-state index contributed by atoms with van der Waals surface area (Å²) < 4.78 is 10.9. The second kappa shape index (κ2) is 9.01. The summed E-state index contributed by atoms with van der Waals surface area (Å²) in [6.45, 7) is 4.57. The number of nitrogens with one attached hydrogen (secondary N) is 1. The maximum Gasteiger partial charge on any atom is 0.214 e. The number of methoxy groups -OCH3 is 1. The largest absolute Gasteiger partial charge is 0.481 e. The van der Waals surface area contributed by atoms with Gasteiger partial charge in [-0.1, -0.05) is 53.9 Å². The molecular formula is C26H27N3O2S. The predicted molar refractivity (Wildman–Crippen MR) is 135 cm³/mol. The molecule has 0 bridgehead atoms. The first-order chi connectivity index (χ1) is 15.4. The Morgan fingerprint density at radius 2 is 1.81 bits per heavy atom. The number of benzene rings is 2. The van der Waals surface area contributed by atoms with Crippen LogP contribution in [-0.4, -0.2) is 34.6 Å². The Balaban J connectivity index is 1.88. The molecule has 5 nitrogen and oxygen atoms in total. The van der Waals surface area contributed by atoms with Gasteiger partial charge in [0.25, 0.3) is 0 Å². The first-order valence-electron chi connectivity index (χ1n) is 10.3. The number of ketones is 1. The van der Waals surface area contributed by atoms with Crippen molar-refractivity contribution in [2.24, 2.45) is 0 Å². The number of ether oxygens (including phenoxy) is 1. The predicted octanol–water partition coefficient (Wildman–Crippen LogP) is 5.60.